The highest BCUT2D eigenvalue weighted by atomic mass is 32.2. The monoisotopic (exact) mass is 231 g/mol. The minimum Gasteiger partial charge on any atom is -0.481 e. The van der Waals surface area contributed by atoms with Crippen LogP contribution in [0.4, 0.5) is 5.82 Å². The average molecular weight is 231 g/mol. The van der Waals surface area contributed by atoms with E-state index in [1.807, 2.05) is 0 Å². The van der Waals surface area contributed by atoms with Gasteiger partial charge in [0.25, 0.3) is 0 Å². The van der Waals surface area contributed by atoms with Gasteiger partial charge in [-0.05, 0) is 0 Å². The Morgan fingerprint density at radius 3 is 2.60 bits per heavy atom. The number of carboxylic acid groups (broad SMARTS) is 1. The van der Waals surface area contributed by atoms with Gasteiger partial charge >= 0.3 is 5.97 Å². The van der Waals surface area contributed by atoms with E-state index >= 15 is 0 Å². The molecule has 15 heavy (non-hydrogen) atoms. The molecule has 0 spiro atoms. The molecule has 0 aliphatic rings. The summed E-state index contributed by atoms with van der Waals surface area (Å²) in [6.07, 6.45) is 1.71. The normalized spacial score (nSPS) is 11.3. The molecule has 1 rings (SSSR count). The first-order valence-electron chi connectivity index (χ1n) is 3.84. The number of nitrogens with zero attached hydrogens (tertiary/aromatic N) is 2. The topological polar surface area (TPSA) is 123 Å². The van der Waals surface area contributed by atoms with Crippen LogP contribution < -0.4 is 5.73 Å². The van der Waals surface area contributed by atoms with E-state index in [0.717, 1.165) is 12.5 Å². The predicted molar refractivity (Wildman–Crippen MR) is 50.9 cm³/mol. The fourth-order valence-corrected chi connectivity index (χ4v) is 1.39. The lowest BCUT2D eigenvalue weighted by molar-refractivity contribution is -0.136. The molecule has 0 amide bonds. The lowest BCUT2D eigenvalue weighted by Crippen LogP contribution is -2.10. The van der Waals surface area contributed by atoms with Crippen LogP contribution in [0.1, 0.15) is 5.56 Å². The number of carbonyl (C=O) groups is 1. The van der Waals surface area contributed by atoms with Crippen LogP contribution in [0.5, 0.6) is 0 Å². The molecule has 0 fully saturated rings. The Morgan fingerprint density at radius 1 is 1.60 bits per heavy atom. The third-order valence-corrected chi connectivity index (χ3v) is 2.41. The molecule has 0 aliphatic carbocycles. The molecule has 7 nitrogen and oxygen atoms in total. The number of nitrogen functional groups attached to an aromatic ring is 1. The molecule has 82 valence electrons. The number of hydrogen-bond acceptors (Lipinski definition) is 6. The Labute approximate surface area is 85.9 Å². The molecular formula is C7H9N3O4S. The smallest absolute Gasteiger partial charge is 0.308 e. The maximum Gasteiger partial charge on any atom is 0.308 e. The molecular weight excluding hydrogens is 222 g/mol. The van der Waals surface area contributed by atoms with Gasteiger partial charge < -0.3 is 10.8 Å². The van der Waals surface area contributed by atoms with Crippen molar-refractivity contribution in [1.29, 1.82) is 0 Å². The number of rotatable bonds is 3. The van der Waals surface area contributed by atoms with Crippen molar-refractivity contribution in [1.82, 2.24) is 9.97 Å². The van der Waals surface area contributed by atoms with Crippen molar-refractivity contribution in [3.05, 3.63) is 11.8 Å². The van der Waals surface area contributed by atoms with E-state index in [1.165, 1.54) is 0 Å². The predicted octanol–water partition coefficient (Wildman–Crippen LogP) is -0.911. The van der Waals surface area contributed by atoms with Crippen molar-refractivity contribution in [3.8, 4) is 0 Å². The molecule has 1 heterocycles. The zero-order chi connectivity index (χ0) is 11.6. The molecule has 0 radical (unpaired) electrons. The summed E-state index contributed by atoms with van der Waals surface area (Å²) < 4.78 is 22.0. The van der Waals surface area contributed by atoms with Gasteiger partial charge in [0, 0.05) is 18.0 Å². The Kier molecular flexibility index (Phi) is 2.89. The molecule has 0 aliphatic heterocycles. The molecule has 1 aromatic rings. The van der Waals surface area contributed by atoms with Crippen LogP contribution in [-0.4, -0.2) is 35.7 Å². The van der Waals surface area contributed by atoms with E-state index in [-0.39, 0.29) is 17.8 Å². The molecule has 0 saturated heterocycles. The summed E-state index contributed by atoms with van der Waals surface area (Å²) in [6.45, 7) is 0. The minimum atomic E-state index is -3.52. The second kappa shape index (κ2) is 3.81. The summed E-state index contributed by atoms with van der Waals surface area (Å²) in [7, 11) is -3.52. The lowest BCUT2D eigenvalue weighted by Gasteiger charge is -2.02. The largest absolute Gasteiger partial charge is 0.481 e. The third kappa shape index (κ3) is 2.88. The highest BCUT2D eigenvalue weighted by molar-refractivity contribution is 7.90. The van der Waals surface area contributed by atoms with Crippen molar-refractivity contribution < 1.29 is 18.3 Å². The van der Waals surface area contributed by atoms with Crippen LogP contribution in [0.15, 0.2) is 11.4 Å². The summed E-state index contributed by atoms with van der Waals surface area (Å²) in [5.74, 6) is -1.22. The van der Waals surface area contributed by atoms with Gasteiger partial charge in [0.1, 0.15) is 5.82 Å². The molecule has 0 saturated carbocycles. The molecule has 0 unspecified atom stereocenters. The van der Waals surface area contributed by atoms with Crippen LogP contribution in [-0.2, 0) is 21.1 Å². The van der Waals surface area contributed by atoms with Gasteiger partial charge in [0.15, 0.2) is 0 Å². The highest BCUT2D eigenvalue weighted by Crippen LogP contribution is 2.10. The van der Waals surface area contributed by atoms with E-state index in [1.54, 1.807) is 0 Å². The minimum absolute atomic E-state index is 0.132. The van der Waals surface area contributed by atoms with Crippen LogP contribution in [0.25, 0.3) is 0 Å². The first-order chi connectivity index (χ1) is 6.80. The van der Waals surface area contributed by atoms with Gasteiger partial charge in [0.2, 0.25) is 15.0 Å². The summed E-state index contributed by atoms with van der Waals surface area (Å²) in [4.78, 5) is 17.4. The zero-order valence-corrected chi connectivity index (χ0v) is 8.65. The molecule has 0 aromatic carbocycles. The van der Waals surface area contributed by atoms with Crippen molar-refractivity contribution >= 4 is 21.6 Å². The summed E-state index contributed by atoms with van der Waals surface area (Å²) in [5.41, 5.74) is 5.58. The van der Waals surface area contributed by atoms with Crippen molar-refractivity contribution in [3.63, 3.8) is 0 Å². The fraction of sp³-hybridized carbons (Fsp3) is 0.286. The number of sulfone groups is 1. The molecule has 3 N–H and O–H groups in total. The maximum absolute atomic E-state index is 11.0. The van der Waals surface area contributed by atoms with Gasteiger partial charge in [0.05, 0.1) is 6.42 Å². The molecule has 0 bridgehead atoms. The lowest BCUT2D eigenvalue weighted by atomic mass is 10.2. The average Bonchev–Trinajstić information content (AvgIpc) is 2.05. The van der Waals surface area contributed by atoms with Gasteiger partial charge in [-0.2, -0.15) is 0 Å². The maximum atomic E-state index is 11.0. The fourth-order valence-electron chi connectivity index (χ4n) is 0.881. The van der Waals surface area contributed by atoms with Gasteiger partial charge in [-0.15, -0.1) is 0 Å². The quantitative estimate of drug-likeness (QED) is 0.645. The number of hydrogen-bond donors (Lipinski definition) is 2. The number of carboxylic acids is 1. The van der Waals surface area contributed by atoms with Crippen LogP contribution in [0.3, 0.4) is 0 Å². The Hall–Kier alpha value is -1.70. The number of anilines is 1. The van der Waals surface area contributed by atoms with E-state index in [4.69, 9.17) is 10.8 Å². The molecule has 1 aromatic heterocycles. The van der Waals surface area contributed by atoms with Crippen molar-refractivity contribution in [2.75, 3.05) is 12.0 Å². The number of nitrogens with two attached hydrogens (primary N) is 1. The van der Waals surface area contributed by atoms with Crippen LogP contribution >= 0.6 is 0 Å². The van der Waals surface area contributed by atoms with Crippen LogP contribution in [0.2, 0.25) is 0 Å². The third-order valence-electron chi connectivity index (χ3n) is 1.55. The van der Waals surface area contributed by atoms with Crippen LogP contribution in [0, 0.1) is 0 Å². The molecule has 8 heteroatoms. The Morgan fingerprint density at radius 2 is 2.20 bits per heavy atom. The standard InChI is InChI=1S/C7H9N3O4S/c1-15(13,14)7-9-3-4(2-5(11)12)6(8)10-7/h3H,2H2,1H3,(H,11,12)(H2,8,9,10). The Balaban J connectivity index is 3.15. The second-order valence-electron chi connectivity index (χ2n) is 2.91. The van der Waals surface area contributed by atoms with Gasteiger partial charge in [-0.1, -0.05) is 0 Å². The summed E-state index contributed by atoms with van der Waals surface area (Å²) >= 11 is 0. The van der Waals surface area contributed by atoms with Crippen molar-refractivity contribution in [2.24, 2.45) is 0 Å². The SMILES string of the molecule is CS(=O)(=O)c1ncc(CC(=O)O)c(N)n1. The zero-order valence-electron chi connectivity index (χ0n) is 7.84. The first-order valence-corrected chi connectivity index (χ1v) is 5.73. The van der Waals surface area contributed by atoms with E-state index in [2.05, 4.69) is 9.97 Å². The second-order valence-corrected chi connectivity index (χ2v) is 4.82. The number of aromatic nitrogens is 2. The van der Waals surface area contributed by atoms with Gasteiger partial charge in [-0.25, -0.2) is 18.4 Å². The van der Waals surface area contributed by atoms with E-state index < -0.39 is 21.0 Å². The first kappa shape index (κ1) is 11.4. The highest BCUT2D eigenvalue weighted by Gasteiger charge is 2.14. The Bertz CT molecular complexity index is 497. The van der Waals surface area contributed by atoms with E-state index in [0.29, 0.717) is 0 Å². The van der Waals surface area contributed by atoms with E-state index in [9.17, 15) is 13.2 Å². The number of aliphatic carboxylic acids is 1. The van der Waals surface area contributed by atoms with Crippen molar-refractivity contribution in [2.45, 2.75) is 11.6 Å². The molecule has 0 atom stereocenters. The summed E-state index contributed by atoms with van der Waals surface area (Å²) in [6, 6.07) is 0. The van der Waals surface area contributed by atoms with Gasteiger partial charge in [-0.3, -0.25) is 4.79 Å². The summed E-state index contributed by atoms with van der Waals surface area (Å²) in [5, 5.41) is 8.08.